The van der Waals surface area contributed by atoms with Crippen molar-refractivity contribution in [1.82, 2.24) is 15.1 Å². The predicted octanol–water partition coefficient (Wildman–Crippen LogP) is 4.38. The van der Waals surface area contributed by atoms with Crippen molar-refractivity contribution in [2.24, 2.45) is 0 Å². The SMILES string of the molecule is Clc1ccccc1CN1CC[C@H](c2nnc(-c3ccccc3)o2)C1. The molecule has 1 aliphatic rings. The normalized spacial score (nSPS) is 18.1. The quantitative estimate of drug-likeness (QED) is 0.707. The molecule has 122 valence electrons. The molecular weight excluding hydrogens is 322 g/mol. The Labute approximate surface area is 146 Å². The Kier molecular flexibility index (Phi) is 4.32. The van der Waals surface area contributed by atoms with Crippen molar-refractivity contribution < 1.29 is 4.42 Å². The van der Waals surface area contributed by atoms with E-state index in [0.717, 1.165) is 48.1 Å². The van der Waals surface area contributed by atoms with E-state index in [0.29, 0.717) is 5.89 Å². The van der Waals surface area contributed by atoms with Crippen molar-refractivity contribution in [3.05, 3.63) is 71.1 Å². The summed E-state index contributed by atoms with van der Waals surface area (Å²) < 4.78 is 5.90. The van der Waals surface area contributed by atoms with Crippen LogP contribution < -0.4 is 0 Å². The van der Waals surface area contributed by atoms with Gasteiger partial charge in [0.15, 0.2) is 0 Å². The highest BCUT2D eigenvalue weighted by atomic mass is 35.5. The molecule has 1 aliphatic heterocycles. The second kappa shape index (κ2) is 6.75. The van der Waals surface area contributed by atoms with Gasteiger partial charge in [-0.05, 0) is 36.7 Å². The number of hydrogen-bond acceptors (Lipinski definition) is 4. The van der Waals surface area contributed by atoms with Gasteiger partial charge in [0.1, 0.15) is 0 Å². The van der Waals surface area contributed by atoms with Crippen molar-refractivity contribution in [2.75, 3.05) is 13.1 Å². The second-order valence-corrected chi connectivity index (χ2v) is 6.53. The molecule has 3 aromatic rings. The molecule has 0 N–H and O–H groups in total. The lowest BCUT2D eigenvalue weighted by atomic mass is 10.1. The second-order valence-electron chi connectivity index (χ2n) is 6.12. The fourth-order valence-corrected chi connectivity index (χ4v) is 3.34. The molecule has 0 bridgehead atoms. The number of rotatable bonds is 4. The van der Waals surface area contributed by atoms with Crippen LogP contribution in [0, 0.1) is 0 Å². The zero-order valence-electron chi connectivity index (χ0n) is 13.2. The van der Waals surface area contributed by atoms with Gasteiger partial charge in [0.25, 0.3) is 0 Å². The Morgan fingerprint density at radius 1 is 1.04 bits per heavy atom. The highest BCUT2D eigenvalue weighted by molar-refractivity contribution is 6.31. The van der Waals surface area contributed by atoms with E-state index in [9.17, 15) is 0 Å². The molecule has 4 nitrogen and oxygen atoms in total. The van der Waals surface area contributed by atoms with Crippen molar-refractivity contribution >= 4 is 11.6 Å². The van der Waals surface area contributed by atoms with Gasteiger partial charge >= 0.3 is 0 Å². The fourth-order valence-electron chi connectivity index (χ4n) is 3.14. The molecule has 1 fully saturated rings. The van der Waals surface area contributed by atoms with Crippen LogP contribution >= 0.6 is 11.6 Å². The molecule has 0 spiro atoms. The van der Waals surface area contributed by atoms with E-state index in [-0.39, 0.29) is 5.92 Å². The molecule has 1 aromatic heterocycles. The molecule has 2 heterocycles. The Bertz CT molecular complexity index is 818. The largest absolute Gasteiger partial charge is 0.420 e. The van der Waals surface area contributed by atoms with E-state index in [2.05, 4.69) is 21.2 Å². The fraction of sp³-hybridized carbons (Fsp3) is 0.263. The topological polar surface area (TPSA) is 42.2 Å². The van der Waals surface area contributed by atoms with Crippen LogP contribution in [0.4, 0.5) is 0 Å². The Balaban J connectivity index is 1.44. The van der Waals surface area contributed by atoms with Gasteiger partial charge in [-0.15, -0.1) is 10.2 Å². The van der Waals surface area contributed by atoms with Crippen LogP contribution in [0.3, 0.4) is 0 Å². The molecule has 2 aromatic carbocycles. The summed E-state index contributed by atoms with van der Waals surface area (Å²) in [6, 6.07) is 17.9. The lowest BCUT2D eigenvalue weighted by molar-refractivity contribution is 0.320. The van der Waals surface area contributed by atoms with Crippen molar-refractivity contribution in [2.45, 2.75) is 18.9 Å². The zero-order chi connectivity index (χ0) is 16.4. The molecular formula is C19H18ClN3O. The lowest BCUT2D eigenvalue weighted by Gasteiger charge is -2.16. The number of halogens is 1. The van der Waals surface area contributed by atoms with E-state index < -0.39 is 0 Å². The molecule has 0 amide bonds. The molecule has 0 unspecified atom stereocenters. The Morgan fingerprint density at radius 2 is 1.83 bits per heavy atom. The van der Waals surface area contributed by atoms with Crippen LogP contribution in [0.25, 0.3) is 11.5 Å². The number of hydrogen-bond donors (Lipinski definition) is 0. The zero-order valence-corrected chi connectivity index (χ0v) is 14.0. The molecule has 0 radical (unpaired) electrons. The number of likely N-dealkylation sites (tertiary alicyclic amines) is 1. The maximum Gasteiger partial charge on any atom is 0.247 e. The first-order valence-electron chi connectivity index (χ1n) is 8.14. The molecule has 24 heavy (non-hydrogen) atoms. The van der Waals surface area contributed by atoms with Crippen LogP contribution in [-0.2, 0) is 6.54 Å². The summed E-state index contributed by atoms with van der Waals surface area (Å²) in [6.07, 6.45) is 1.03. The van der Waals surface area contributed by atoms with E-state index >= 15 is 0 Å². The molecule has 1 saturated heterocycles. The molecule has 0 saturated carbocycles. The summed E-state index contributed by atoms with van der Waals surface area (Å²) in [5.74, 6) is 1.61. The minimum atomic E-state index is 0.289. The van der Waals surface area contributed by atoms with E-state index in [1.165, 1.54) is 0 Å². The summed E-state index contributed by atoms with van der Waals surface area (Å²) in [7, 11) is 0. The predicted molar refractivity (Wildman–Crippen MR) is 93.8 cm³/mol. The van der Waals surface area contributed by atoms with Crippen molar-refractivity contribution in [3.63, 3.8) is 0 Å². The third kappa shape index (κ3) is 3.21. The van der Waals surface area contributed by atoms with Crippen LogP contribution in [0.15, 0.2) is 59.0 Å². The molecule has 4 rings (SSSR count). The minimum absolute atomic E-state index is 0.289. The summed E-state index contributed by atoms with van der Waals surface area (Å²) >= 11 is 6.26. The molecule has 5 heteroatoms. The van der Waals surface area contributed by atoms with Crippen LogP contribution in [0.1, 0.15) is 23.8 Å². The van der Waals surface area contributed by atoms with E-state index in [1.54, 1.807) is 0 Å². The summed E-state index contributed by atoms with van der Waals surface area (Å²) in [5.41, 5.74) is 2.12. The van der Waals surface area contributed by atoms with Crippen LogP contribution in [0.5, 0.6) is 0 Å². The Hall–Kier alpha value is -2.17. The Morgan fingerprint density at radius 3 is 2.67 bits per heavy atom. The monoisotopic (exact) mass is 339 g/mol. The van der Waals surface area contributed by atoms with Crippen LogP contribution in [-0.4, -0.2) is 28.2 Å². The van der Waals surface area contributed by atoms with Crippen LogP contribution in [0.2, 0.25) is 5.02 Å². The summed E-state index contributed by atoms with van der Waals surface area (Å²) in [4.78, 5) is 2.39. The molecule has 1 atom stereocenters. The summed E-state index contributed by atoms with van der Waals surface area (Å²) in [5, 5.41) is 9.29. The number of aromatic nitrogens is 2. The first-order valence-corrected chi connectivity index (χ1v) is 8.52. The number of nitrogens with zero attached hydrogens (tertiary/aromatic N) is 3. The maximum atomic E-state index is 6.26. The third-order valence-corrected chi connectivity index (χ3v) is 4.80. The van der Waals surface area contributed by atoms with Gasteiger partial charge in [0.2, 0.25) is 11.8 Å². The van der Waals surface area contributed by atoms with Crippen molar-refractivity contribution in [1.29, 1.82) is 0 Å². The average molecular weight is 340 g/mol. The first-order chi connectivity index (χ1) is 11.8. The average Bonchev–Trinajstić information content (AvgIpc) is 3.27. The van der Waals surface area contributed by atoms with Crippen molar-refractivity contribution in [3.8, 4) is 11.5 Å². The van der Waals surface area contributed by atoms with Gasteiger partial charge in [-0.3, -0.25) is 4.90 Å². The highest BCUT2D eigenvalue weighted by Crippen LogP contribution is 2.30. The van der Waals surface area contributed by atoms with Gasteiger partial charge in [-0.25, -0.2) is 0 Å². The van der Waals surface area contributed by atoms with Gasteiger partial charge in [-0.2, -0.15) is 0 Å². The molecule has 0 aliphatic carbocycles. The first kappa shape index (κ1) is 15.4. The smallest absolute Gasteiger partial charge is 0.247 e. The number of benzene rings is 2. The van der Waals surface area contributed by atoms with Gasteiger partial charge in [-0.1, -0.05) is 48.0 Å². The van der Waals surface area contributed by atoms with E-state index in [1.807, 2.05) is 48.5 Å². The minimum Gasteiger partial charge on any atom is -0.420 e. The van der Waals surface area contributed by atoms with E-state index in [4.69, 9.17) is 16.0 Å². The van der Waals surface area contributed by atoms with Gasteiger partial charge in [0.05, 0.1) is 5.92 Å². The van der Waals surface area contributed by atoms with Gasteiger partial charge in [0, 0.05) is 23.7 Å². The third-order valence-electron chi connectivity index (χ3n) is 4.43. The van der Waals surface area contributed by atoms with Gasteiger partial charge < -0.3 is 4.42 Å². The maximum absolute atomic E-state index is 6.26. The standard InChI is InChI=1S/C19H18ClN3O/c20-17-9-5-4-8-15(17)12-23-11-10-16(13-23)19-22-21-18(24-19)14-6-2-1-3-7-14/h1-9,16H,10-13H2/t16-/m0/s1. The highest BCUT2D eigenvalue weighted by Gasteiger charge is 2.28. The lowest BCUT2D eigenvalue weighted by Crippen LogP contribution is -2.20. The summed E-state index contributed by atoms with van der Waals surface area (Å²) in [6.45, 7) is 2.79.